The summed E-state index contributed by atoms with van der Waals surface area (Å²) in [4.78, 5) is 36.0. The molecule has 10 heteroatoms. The van der Waals surface area contributed by atoms with E-state index in [4.69, 9.17) is 5.11 Å². The molecule has 1 aliphatic rings. The molecule has 3 atom stereocenters. The number of carbonyl (C=O) groups excluding carboxylic acids is 1. The number of benzene rings is 1. The van der Waals surface area contributed by atoms with Gasteiger partial charge in [0.25, 0.3) is 5.56 Å². The number of aldehydes is 1. The van der Waals surface area contributed by atoms with Crippen molar-refractivity contribution < 1.29 is 25.2 Å². The highest BCUT2D eigenvalue weighted by Gasteiger charge is 2.30. The Morgan fingerprint density at radius 3 is 2.64 bits per heavy atom. The zero-order chi connectivity index (χ0) is 20.6. The number of carbonyl (C=O) groups is 1. The van der Waals surface area contributed by atoms with Crippen molar-refractivity contribution in [2.45, 2.75) is 25.2 Å². The summed E-state index contributed by atoms with van der Waals surface area (Å²) in [5, 5.41) is 38.9. The van der Waals surface area contributed by atoms with Gasteiger partial charge in [-0.1, -0.05) is 6.58 Å². The van der Waals surface area contributed by atoms with Gasteiger partial charge in [-0.3, -0.25) is 9.59 Å². The maximum Gasteiger partial charge on any atom is 0.279 e. The molecule has 0 saturated heterocycles. The molecule has 2 heterocycles. The van der Waals surface area contributed by atoms with E-state index in [-0.39, 0.29) is 23.2 Å². The van der Waals surface area contributed by atoms with Crippen LogP contribution >= 0.6 is 0 Å². The number of H-pyrrole nitrogens is 1. The van der Waals surface area contributed by atoms with E-state index in [1.54, 1.807) is 13.0 Å². The van der Waals surface area contributed by atoms with E-state index < -0.39 is 30.5 Å². The zero-order valence-electron chi connectivity index (χ0n) is 15.0. The lowest BCUT2D eigenvalue weighted by atomic mass is 10.0. The molecule has 0 saturated carbocycles. The van der Waals surface area contributed by atoms with Crippen molar-refractivity contribution in [3.8, 4) is 0 Å². The standard InChI is InChI=1S/C18H20N4O6/c1-8-3-11-12(4-10(8)6-23)22(5-13(25)16(27)14(26)7-24)17-15(21-11)18(28)20-9(2)19-17/h3-4,6,13-14,16,24-27H,2,5,7H2,1H3,(H,20,28)/t13-,14+,16-/m0/s1. The van der Waals surface area contributed by atoms with Gasteiger partial charge in [-0.05, 0) is 24.6 Å². The molecule has 0 radical (unpaired) electrons. The molecule has 0 bridgehead atoms. The van der Waals surface area contributed by atoms with Crippen LogP contribution in [-0.2, 0) is 0 Å². The molecule has 1 aliphatic heterocycles. The molecule has 0 unspecified atom stereocenters. The third kappa shape index (κ3) is 3.45. The molecule has 0 spiro atoms. The number of aliphatic hydroxyl groups is 4. The normalized spacial score (nSPS) is 15.8. The third-order valence-electron chi connectivity index (χ3n) is 4.54. The van der Waals surface area contributed by atoms with E-state index in [0.717, 1.165) is 0 Å². The highest BCUT2D eigenvalue weighted by Crippen LogP contribution is 2.36. The Bertz CT molecular complexity index is 1080. The summed E-state index contributed by atoms with van der Waals surface area (Å²) in [6, 6.07) is 3.16. The van der Waals surface area contributed by atoms with Crippen LogP contribution in [0.5, 0.6) is 0 Å². The second-order valence-electron chi connectivity index (χ2n) is 6.53. The van der Waals surface area contributed by atoms with E-state index in [0.29, 0.717) is 28.8 Å². The van der Waals surface area contributed by atoms with Gasteiger partial charge in [0.2, 0.25) is 0 Å². The molecule has 148 valence electrons. The Labute approximate surface area is 158 Å². The van der Waals surface area contributed by atoms with Crippen LogP contribution < -0.4 is 21.3 Å². The van der Waals surface area contributed by atoms with Crippen LogP contribution in [0.25, 0.3) is 6.58 Å². The van der Waals surface area contributed by atoms with E-state index in [2.05, 4.69) is 21.5 Å². The Morgan fingerprint density at radius 1 is 1.29 bits per heavy atom. The van der Waals surface area contributed by atoms with Crippen LogP contribution in [0, 0.1) is 6.92 Å². The Kier molecular flexibility index (Phi) is 5.38. The predicted molar refractivity (Wildman–Crippen MR) is 99.5 cm³/mol. The number of nitrogens with zero attached hydrogens (tertiary/aromatic N) is 3. The summed E-state index contributed by atoms with van der Waals surface area (Å²) >= 11 is 0. The molecule has 3 rings (SSSR count). The molecule has 1 aromatic heterocycles. The fourth-order valence-electron chi connectivity index (χ4n) is 3.00. The first-order valence-corrected chi connectivity index (χ1v) is 8.47. The van der Waals surface area contributed by atoms with Crippen molar-refractivity contribution in [3.63, 3.8) is 0 Å². The fourth-order valence-corrected chi connectivity index (χ4v) is 3.00. The smallest absolute Gasteiger partial charge is 0.279 e. The molecule has 0 fully saturated rings. The summed E-state index contributed by atoms with van der Waals surface area (Å²) in [5.41, 5.74) is 1.34. The van der Waals surface area contributed by atoms with E-state index in [1.165, 1.54) is 11.0 Å². The van der Waals surface area contributed by atoms with Gasteiger partial charge in [-0.2, -0.15) is 0 Å². The number of hydrogen-bond donors (Lipinski definition) is 5. The van der Waals surface area contributed by atoms with Crippen LogP contribution in [0.1, 0.15) is 15.9 Å². The first kappa shape index (κ1) is 19.8. The molecule has 5 N–H and O–H groups in total. The molecular weight excluding hydrogens is 368 g/mol. The number of aromatic nitrogens is 2. The molecule has 0 amide bonds. The molecule has 0 aliphatic carbocycles. The third-order valence-corrected chi connectivity index (χ3v) is 4.54. The van der Waals surface area contributed by atoms with E-state index in [1.807, 2.05) is 0 Å². The summed E-state index contributed by atoms with van der Waals surface area (Å²) in [6.07, 6.45) is -4.03. The number of hydrogen-bond acceptors (Lipinski definition) is 9. The van der Waals surface area contributed by atoms with Crippen molar-refractivity contribution in [1.29, 1.82) is 0 Å². The number of aryl methyl sites for hydroxylation is 1. The highest BCUT2D eigenvalue weighted by atomic mass is 16.4. The lowest BCUT2D eigenvalue weighted by Crippen LogP contribution is -2.48. The van der Waals surface area contributed by atoms with Gasteiger partial charge in [0.15, 0.2) is 11.2 Å². The van der Waals surface area contributed by atoms with Gasteiger partial charge < -0.3 is 30.3 Å². The lowest BCUT2D eigenvalue weighted by Gasteiger charge is -2.32. The highest BCUT2D eigenvalue weighted by molar-refractivity contribution is 5.86. The summed E-state index contributed by atoms with van der Waals surface area (Å²) in [6.45, 7) is 4.30. The monoisotopic (exact) mass is 388 g/mol. The molecule has 2 aromatic rings. The second kappa shape index (κ2) is 7.60. The second-order valence-corrected chi connectivity index (χ2v) is 6.53. The topological polar surface area (TPSA) is 159 Å². The number of fused-ring (bicyclic) bond motifs is 2. The maximum absolute atomic E-state index is 12.3. The molecule has 1 aromatic carbocycles. The first-order chi connectivity index (χ1) is 13.3. The number of β-amino-alcohol motifs (C(OH)–C–C–N with tert-alkyl or cyclic N) is 1. The van der Waals surface area contributed by atoms with Gasteiger partial charge in [-0.15, -0.1) is 0 Å². The number of anilines is 2. The number of rotatable bonds is 6. The average molecular weight is 388 g/mol. The van der Waals surface area contributed by atoms with Crippen molar-refractivity contribution in [2.24, 2.45) is 4.99 Å². The van der Waals surface area contributed by atoms with Gasteiger partial charge >= 0.3 is 0 Å². The predicted octanol–water partition coefficient (Wildman–Crippen LogP) is -2.22. The van der Waals surface area contributed by atoms with Crippen LogP contribution in [0.3, 0.4) is 0 Å². The molecule has 10 nitrogen and oxygen atoms in total. The summed E-state index contributed by atoms with van der Waals surface area (Å²) in [5.74, 6) is 0.0895. The van der Waals surface area contributed by atoms with Gasteiger partial charge in [0.1, 0.15) is 30.1 Å². The molecular formula is C18H20N4O6. The van der Waals surface area contributed by atoms with Crippen molar-refractivity contribution in [3.05, 3.63) is 44.5 Å². The van der Waals surface area contributed by atoms with Crippen LogP contribution in [-0.4, -0.2) is 68.1 Å². The van der Waals surface area contributed by atoms with E-state index in [9.17, 15) is 24.9 Å². The van der Waals surface area contributed by atoms with Gasteiger partial charge in [0, 0.05) is 5.56 Å². The maximum atomic E-state index is 12.3. The van der Waals surface area contributed by atoms with Gasteiger partial charge in [0.05, 0.1) is 24.5 Å². The molecule has 28 heavy (non-hydrogen) atoms. The SMILES string of the molecule is C=c1nc2c(c(=O)[nH]1)=Nc1cc(C)c(C=O)cc1N2C[C@H](O)[C@H](O)[C@H](O)CO. The van der Waals surface area contributed by atoms with Crippen molar-refractivity contribution in [1.82, 2.24) is 9.97 Å². The minimum Gasteiger partial charge on any atom is -0.394 e. The lowest BCUT2D eigenvalue weighted by molar-refractivity contribution is -0.0726. The van der Waals surface area contributed by atoms with Gasteiger partial charge in [-0.25, -0.2) is 9.98 Å². The summed E-state index contributed by atoms with van der Waals surface area (Å²) < 4.78 is 0. The Hall–Kier alpha value is -2.92. The van der Waals surface area contributed by atoms with Crippen LogP contribution in [0.4, 0.5) is 17.2 Å². The fraction of sp³-hybridized carbons (Fsp3) is 0.333. The number of aromatic amines is 1. The minimum atomic E-state index is -1.65. The van der Waals surface area contributed by atoms with Crippen LogP contribution in [0.15, 0.2) is 21.9 Å². The number of nitrogens with one attached hydrogen (secondary N) is 1. The number of aliphatic hydroxyl groups excluding tert-OH is 4. The summed E-state index contributed by atoms with van der Waals surface area (Å²) in [7, 11) is 0. The Morgan fingerprint density at radius 2 is 2.00 bits per heavy atom. The van der Waals surface area contributed by atoms with Crippen LogP contribution in [0.2, 0.25) is 0 Å². The van der Waals surface area contributed by atoms with Crippen molar-refractivity contribution in [2.75, 3.05) is 18.1 Å². The van der Waals surface area contributed by atoms with E-state index >= 15 is 0 Å². The first-order valence-electron chi connectivity index (χ1n) is 8.47. The Balaban J connectivity index is 2.19. The van der Waals surface area contributed by atoms with Crippen molar-refractivity contribution >= 4 is 30.1 Å². The quantitative estimate of drug-likeness (QED) is 0.348. The average Bonchev–Trinajstić information content (AvgIpc) is 2.66. The largest absolute Gasteiger partial charge is 0.394 e. The minimum absolute atomic E-state index is 0.0115. The zero-order valence-corrected chi connectivity index (χ0v) is 15.0.